The minimum atomic E-state index is -3.14. The van der Waals surface area contributed by atoms with Crippen LogP contribution in [0.25, 0.3) is 0 Å². The van der Waals surface area contributed by atoms with Crippen LogP contribution in [0.1, 0.15) is 19.3 Å². The zero-order valence-electron chi connectivity index (χ0n) is 11.8. The summed E-state index contributed by atoms with van der Waals surface area (Å²) in [5.74, 6) is -0.660. The van der Waals surface area contributed by atoms with E-state index >= 15 is 0 Å². The van der Waals surface area contributed by atoms with E-state index in [1.807, 2.05) is 0 Å². The molecule has 1 saturated heterocycles. The summed E-state index contributed by atoms with van der Waals surface area (Å²) < 4.78 is 22.1. The molecule has 2 amide bonds. The lowest BCUT2D eigenvalue weighted by atomic mass is 9.97. The van der Waals surface area contributed by atoms with Gasteiger partial charge in [0.2, 0.25) is 11.8 Å². The lowest BCUT2D eigenvalue weighted by Crippen LogP contribution is -2.46. The van der Waals surface area contributed by atoms with Gasteiger partial charge in [-0.3, -0.25) is 9.59 Å². The van der Waals surface area contributed by atoms with Gasteiger partial charge in [0.15, 0.2) is 0 Å². The minimum absolute atomic E-state index is 0.0179. The number of hydrogen-bond acceptors (Lipinski definition) is 5. The third kappa shape index (κ3) is 5.87. The molecule has 1 aliphatic rings. The number of amides is 2. The third-order valence-corrected chi connectivity index (χ3v) is 4.22. The highest BCUT2D eigenvalue weighted by molar-refractivity contribution is 7.90. The number of nitrogens with one attached hydrogen (secondary N) is 1. The number of hydrogen-bond donors (Lipinski definition) is 2. The van der Waals surface area contributed by atoms with Crippen LogP contribution in [0, 0.1) is 5.92 Å². The number of carbonyl (C=O) groups is 2. The second-order valence-corrected chi connectivity index (χ2v) is 7.40. The molecule has 116 valence electrons. The van der Waals surface area contributed by atoms with Gasteiger partial charge < -0.3 is 16.0 Å². The summed E-state index contributed by atoms with van der Waals surface area (Å²) in [6, 6.07) is 0. The fraction of sp³-hybridized carbons (Fsp3) is 0.833. The van der Waals surface area contributed by atoms with Crippen LogP contribution in [0.15, 0.2) is 0 Å². The van der Waals surface area contributed by atoms with Crippen LogP contribution in [0.5, 0.6) is 0 Å². The van der Waals surface area contributed by atoms with E-state index in [9.17, 15) is 18.0 Å². The van der Waals surface area contributed by atoms with Crippen molar-refractivity contribution in [2.75, 3.05) is 38.2 Å². The van der Waals surface area contributed by atoms with E-state index in [1.165, 1.54) is 0 Å². The molecule has 0 aliphatic carbocycles. The monoisotopic (exact) mass is 305 g/mol. The molecule has 1 atom stereocenters. The quantitative estimate of drug-likeness (QED) is 0.636. The second kappa shape index (κ2) is 7.58. The first-order valence-electron chi connectivity index (χ1n) is 6.77. The van der Waals surface area contributed by atoms with Gasteiger partial charge in [0.1, 0.15) is 9.84 Å². The maximum atomic E-state index is 11.9. The Hall–Kier alpha value is -1.15. The highest BCUT2D eigenvalue weighted by Crippen LogP contribution is 2.17. The molecule has 1 unspecified atom stereocenters. The van der Waals surface area contributed by atoms with Crippen LogP contribution in [0.2, 0.25) is 0 Å². The van der Waals surface area contributed by atoms with E-state index in [0.29, 0.717) is 26.2 Å². The highest BCUT2D eigenvalue weighted by Gasteiger charge is 2.28. The van der Waals surface area contributed by atoms with Gasteiger partial charge in [-0.1, -0.05) is 0 Å². The molecule has 0 saturated carbocycles. The van der Waals surface area contributed by atoms with Gasteiger partial charge in [0.05, 0.1) is 11.7 Å². The van der Waals surface area contributed by atoms with Gasteiger partial charge >= 0.3 is 0 Å². The number of rotatable bonds is 6. The largest absolute Gasteiger partial charge is 0.355 e. The molecule has 1 aliphatic heterocycles. The Bertz CT molecular complexity index is 450. The molecule has 20 heavy (non-hydrogen) atoms. The Morgan fingerprint density at radius 2 is 2.10 bits per heavy atom. The fourth-order valence-corrected chi connectivity index (χ4v) is 2.73. The van der Waals surface area contributed by atoms with Crippen LogP contribution in [0.4, 0.5) is 0 Å². The SMILES string of the molecule is CS(=O)(=O)CCC(=O)N1CCCC(C(=O)NCCN)C1. The van der Waals surface area contributed by atoms with Crippen molar-refractivity contribution in [3.05, 3.63) is 0 Å². The summed E-state index contributed by atoms with van der Waals surface area (Å²) >= 11 is 0. The summed E-state index contributed by atoms with van der Waals surface area (Å²) in [7, 11) is -3.14. The van der Waals surface area contributed by atoms with E-state index in [1.54, 1.807) is 4.90 Å². The standard InChI is InChI=1S/C12H23N3O4S/c1-20(18,19)8-4-11(16)15-7-2-3-10(9-15)12(17)14-6-5-13/h10H,2-9,13H2,1H3,(H,14,17). The molecule has 3 N–H and O–H groups in total. The van der Waals surface area contributed by atoms with Crippen molar-refractivity contribution in [3.63, 3.8) is 0 Å². The summed E-state index contributed by atoms with van der Waals surface area (Å²) in [5.41, 5.74) is 5.33. The van der Waals surface area contributed by atoms with Crippen molar-refractivity contribution in [1.82, 2.24) is 10.2 Å². The smallest absolute Gasteiger partial charge is 0.224 e. The summed E-state index contributed by atoms with van der Waals surface area (Å²) in [6.07, 6.45) is 2.59. The molecule has 0 aromatic heterocycles. The van der Waals surface area contributed by atoms with E-state index < -0.39 is 9.84 Å². The molecule has 0 aromatic rings. The first kappa shape index (κ1) is 16.9. The van der Waals surface area contributed by atoms with Crippen LogP contribution in [-0.2, 0) is 19.4 Å². The molecule has 8 heteroatoms. The number of piperidine rings is 1. The normalized spacial score (nSPS) is 19.7. The molecule has 0 radical (unpaired) electrons. The van der Waals surface area contributed by atoms with Crippen molar-refractivity contribution < 1.29 is 18.0 Å². The van der Waals surface area contributed by atoms with Crippen LogP contribution in [-0.4, -0.2) is 63.3 Å². The van der Waals surface area contributed by atoms with Crippen molar-refractivity contribution in [3.8, 4) is 0 Å². The van der Waals surface area contributed by atoms with Crippen molar-refractivity contribution in [1.29, 1.82) is 0 Å². The van der Waals surface area contributed by atoms with E-state index in [4.69, 9.17) is 5.73 Å². The average Bonchev–Trinajstić information content (AvgIpc) is 2.41. The number of nitrogens with two attached hydrogens (primary N) is 1. The maximum Gasteiger partial charge on any atom is 0.224 e. The summed E-state index contributed by atoms with van der Waals surface area (Å²) in [6.45, 7) is 1.76. The van der Waals surface area contributed by atoms with E-state index in [0.717, 1.165) is 19.1 Å². The third-order valence-electron chi connectivity index (χ3n) is 3.28. The second-order valence-electron chi connectivity index (χ2n) is 5.14. The summed E-state index contributed by atoms with van der Waals surface area (Å²) in [5, 5.41) is 2.72. The average molecular weight is 305 g/mol. The lowest BCUT2D eigenvalue weighted by Gasteiger charge is -2.32. The first-order chi connectivity index (χ1) is 9.33. The number of carbonyl (C=O) groups excluding carboxylic acids is 2. The Labute approximate surface area is 119 Å². The predicted molar refractivity (Wildman–Crippen MR) is 75.7 cm³/mol. The van der Waals surface area contributed by atoms with Crippen LogP contribution >= 0.6 is 0 Å². The van der Waals surface area contributed by atoms with Gasteiger partial charge in [0, 0.05) is 38.9 Å². The highest BCUT2D eigenvalue weighted by atomic mass is 32.2. The Morgan fingerprint density at radius 1 is 1.40 bits per heavy atom. The molecule has 1 heterocycles. The number of likely N-dealkylation sites (tertiary alicyclic amines) is 1. The minimum Gasteiger partial charge on any atom is -0.355 e. The molecule has 1 fully saturated rings. The van der Waals surface area contributed by atoms with Gasteiger partial charge in [-0.25, -0.2) is 8.42 Å². The molecule has 1 rings (SSSR count). The van der Waals surface area contributed by atoms with Crippen molar-refractivity contribution in [2.24, 2.45) is 11.7 Å². The number of sulfone groups is 1. The molecular formula is C12H23N3O4S. The Balaban J connectivity index is 2.47. The number of nitrogens with zero attached hydrogens (tertiary/aromatic N) is 1. The zero-order chi connectivity index (χ0) is 15.2. The van der Waals surface area contributed by atoms with Crippen LogP contribution in [0.3, 0.4) is 0 Å². The van der Waals surface area contributed by atoms with Crippen molar-refractivity contribution in [2.45, 2.75) is 19.3 Å². The fourth-order valence-electron chi connectivity index (χ4n) is 2.19. The molecule has 0 bridgehead atoms. The molecule has 0 spiro atoms. The molecule has 7 nitrogen and oxygen atoms in total. The Kier molecular flexibility index (Phi) is 6.41. The van der Waals surface area contributed by atoms with E-state index in [-0.39, 0.29) is 29.9 Å². The lowest BCUT2D eigenvalue weighted by molar-refractivity contribution is -0.135. The van der Waals surface area contributed by atoms with Crippen molar-refractivity contribution >= 4 is 21.7 Å². The molecular weight excluding hydrogens is 282 g/mol. The predicted octanol–water partition coefficient (Wildman–Crippen LogP) is -1.27. The first-order valence-corrected chi connectivity index (χ1v) is 8.83. The van der Waals surface area contributed by atoms with Gasteiger partial charge in [-0.15, -0.1) is 0 Å². The van der Waals surface area contributed by atoms with E-state index in [2.05, 4.69) is 5.32 Å². The molecule has 0 aromatic carbocycles. The zero-order valence-corrected chi connectivity index (χ0v) is 12.6. The van der Waals surface area contributed by atoms with Gasteiger partial charge in [-0.2, -0.15) is 0 Å². The van der Waals surface area contributed by atoms with Crippen LogP contribution < -0.4 is 11.1 Å². The topological polar surface area (TPSA) is 110 Å². The summed E-state index contributed by atoms with van der Waals surface area (Å²) in [4.78, 5) is 25.4. The van der Waals surface area contributed by atoms with Gasteiger partial charge in [0.25, 0.3) is 0 Å². The van der Waals surface area contributed by atoms with Gasteiger partial charge in [-0.05, 0) is 12.8 Å². The Morgan fingerprint density at radius 3 is 2.70 bits per heavy atom. The maximum absolute atomic E-state index is 11.9.